The van der Waals surface area contributed by atoms with Gasteiger partial charge in [-0.05, 0) is 36.5 Å². The van der Waals surface area contributed by atoms with Crippen LogP contribution in [0.4, 0.5) is 0 Å². The van der Waals surface area contributed by atoms with E-state index in [0.717, 1.165) is 11.5 Å². The van der Waals surface area contributed by atoms with Gasteiger partial charge < -0.3 is 19.8 Å². The van der Waals surface area contributed by atoms with Crippen LogP contribution in [0.1, 0.15) is 5.76 Å². The molecule has 5 heteroatoms. The molecular weight excluding hydrogens is 260 g/mol. The van der Waals surface area contributed by atoms with Crippen LogP contribution in [0.2, 0.25) is 0 Å². The summed E-state index contributed by atoms with van der Waals surface area (Å²) < 4.78 is 10.7. The van der Waals surface area contributed by atoms with E-state index in [1.54, 1.807) is 6.26 Å². The number of furan rings is 1. The molecule has 0 aliphatic carbocycles. The van der Waals surface area contributed by atoms with Crippen LogP contribution >= 0.6 is 12.2 Å². The highest BCUT2D eigenvalue weighted by Gasteiger charge is 1.98. The summed E-state index contributed by atoms with van der Waals surface area (Å²) in [6.45, 7) is 1.80. The molecule has 0 spiro atoms. The molecule has 0 fully saturated rings. The topological polar surface area (TPSA) is 46.4 Å². The molecule has 1 aromatic carbocycles. The fraction of sp³-hybridized carbons (Fsp3) is 0.214. The highest BCUT2D eigenvalue weighted by atomic mass is 32.1. The number of hydrogen-bond donors (Lipinski definition) is 2. The third-order valence-electron chi connectivity index (χ3n) is 2.40. The second-order valence-electron chi connectivity index (χ2n) is 3.85. The fourth-order valence-electron chi connectivity index (χ4n) is 1.49. The predicted molar refractivity (Wildman–Crippen MR) is 78.1 cm³/mol. The highest BCUT2D eigenvalue weighted by molar-refractivity contribution is 7.80. The summed E-state index contributed by atoms with van der Waals surface area (Å²) in [4.78, 5) is 0. The van der Waals surface area contributed by atoms with Crippen molar-refractivity contribution in [1.82, 2.24) is 10.6 Å². The van der Waals surface area contributed by atoms with Crippen molar-refractivity contribution in [3.8, 4) is 5.75 Å². The van der Waals surface area contributed by atoms with Crippen LogP contribution in [0, 0.1) is 0 Å². The Balaban J connectivity index is 1.57. The highest BCUT2D eigenvalue weighted by Crippen LogP contribution is 2.07. The lowest BCUT2D eigenvalue weighted by Gasteiger charge is -2.10. The molecule has 19 heavy (non-hydrogen) atoms. The molecule has 0 radical (unpaired) electrons. The summed E-state index contributed by atoms with van der Waals surface area (Å²) in [5, 5.41) is 6.71. The van der Waals surface area contributed by atoms with Crippen molar-refractivity contribution in [2.75, 3.05) is 13.2 Å². The average Bonchev–Trinajstić information content (AvgIpc) is 2.96. The largest absolute Gasteiger partial charge is 0.492 e. The van der Waals surface area contributed by atoms with Gasteiger partial charge in [-0.2, -0.15) is 0 Å². The summed E-state index contributed by atoms with van der Waals surface area (Å²) in [5.41, 5.74) is 0. The van der Waals surface area contributed by atoms with Gasteiger partial charge in [0.2, 0.25) is 0 Å². The molecule has 2 rings (SSSR count). The molecule has 4 nitrogen and oxygen atoms in total. The zero-order valence-corrected chi connectivity index (χ0v) is 11.3. The SMILES string of the molecule is S=C(NCCOc1ccccc1)NCc1ccco1. The summed E-state index contributed by atoms with van der Waals surface area (Å²) in [5.74, 6) is 1.71. The van der Waals surface area contributed by atoms with Gasteiger partial charge in [0.25, 0.3) is 0 Å². The van der Waals surface area contributed by atoms with E-state index in [-0.39, 0.29) is 0 Å². The first-order chi connectivity index (χ1) is 9.34. The minimum atomic E-state index is 0.562. The van der Waals surface area contributed by atoms with Crippen LogP contribution in [0.5, 0.6) is 5.75 Å². The minimum Gasteiger partial charge on any atom is -0.492 e. The predicted octanol–water partition coefficient (Wildman–Crippen LogP) is 2.32. The third-order valence-corrected chi connectivity index (χ3v) is 2.69. The van der Waals surface area contributed by atoms with Crippen LogP contribution in [0.15, 0.2) is 53.1 Å². The Hall–Kier alpha value is -2.01. The summed E-state index contributed by atoms with van der Waals surface area (Å²) in [6.07, 6.45) is 1.64. The van der Waals surface area contributed by atoms with Crippen molar-refractivity contribution in [1.29, 1.82) is 0 Å². The smallest absolute Gasteiger partial charge is 0.166 e. The van der Waals surface area contributed by atoms with Gasteiger partial charge in [-0.25, -0.2) is 0 Å². The van der Waals surface area contributed by atoms with Gasteiger partial charge in [-0.15, -0.1) is 0 Å². The van der Waals surface area contributed by atoms with Crippen molar-refractivity contribution < 1.29 is 9.15 Å². The van der Waals surface area contributed by atoms with Crippen molar-refractivity contribution in [2.24, 2.45) is 0 Å². The number of hydrogen-bond acceptors (Lipinski definition) is 3. The monoisotopic (exact) mass is 276 g/mol. The lowest BCUT2D eigenvalue weighted by molar-refractivity contribution is 0.322. The molecule has 0 unspecified atom stereocenters. The van der Waals surface area contributed by atoms with Gasteiger partial charge in [-0.1, -0.05) is 18.2 Å². The van der Waals surface area contributed by atoms with E-state index in [9.17, 15) is 0 Å². The first kappa shape index (κ1) is 13.4. The molecule has 2 aromatic rings. The van der Waals surface area contributed by atoms with Crippen LogP contribution in [0.25, 0.3) is 0 Å². The van der Waals surface area contributed by atoms with Crippen molar-refractivity contribution in [3.05, 3.63) is 54.5 Å². The number of para-hydroxylation sites is 1. The first-order valence-electron chi connectivity index (χ1n) is 6.06. The Labute approximate surface area is 117 Å². The molecular formula is C14H16N2O2S. The van der Waals surface area contributed by atoms with E-state index < -0.39 is 0 Å². The van der Waals surface area contributed by atoms with E-state index in [1.165, 1.54) is 0 Å². The van der Waals surface area contributed by atoms with Gasteiger partial charge in [0, 0.05) is 0 Å². The number of ether oxygens (including phenoxy) is 1. The quantitative estimate of drug-likeness (QED) is 0.626. The normalized spacial score (nSPS) is 9.89. The molecule has 0 aliphatic rings. The van der Waals surface area contributed by atoms with E-state index >= 15 is 0 Å². The Kier molecular flexibility index (Phi) is 5.25. The maximum absolute atomic E-state index is 5.54. The average molecular weight is 276 g/mol. The molecule has 2 N–H and O–H groups in total. The van der Waals surface area contributed by atoms with Gasteiger partial charge >= 0.3 is 0 Å². The fourth-order valence-corrected chi connectivity index (χ4v) is 1.67. The van der Waals surface area contributed by atoms with Crippen LogP contribution < -0.4 is 15.4 Å². The number of benzene rings is 1. The number of nitrogens with one attached hydrogen (secondary N) is 2. The standard InChI is InChI=1S/C14H16N2O2S/c19-14(16-11-13-7-4-9-17-13)15-8-10-18-12-5-2-1-3-6-12/h1-7,9H,8,10-11H2,(H2,15,16,19). The zero-order valence-electron chi connectivity index (χ0n) is 10.5. The summed E-state index contributed by atoms with van der Waals surface area (Å²) in [7, 11) is 0. The number of thiocarbonyl (C=S) groups is 1. The van der Waals surface area contributed by atoms with Gasteiger partial charge in [0.1, 0.15) is 18.1 Å². The molecule has 1 heterocycles. The molecule has 1 aromatic heterocycles. The molecule has 0 amide bonds. The number of rotatable bonds is 6. The van der Waals surface area contributed by atoms with Crippen LogP contribution in [-0.2, 0) is 6.54 Å². The Morgan fingerprint density at radius 3 is 2.68 bits per heavy atom. The first-order valence-corrected chi connectivity index (χ1v) is 6.47. The lowest BCUT2D eigenvalue weighted by Crippen LogP contribution is -2.36. The minimum absolute atomic E-state index is 0.562. The third kappa shape index (κ3) is 5.01. The molecule has 0 bridgehead atoms. The molecule has 0 aliphatic heterocycles. The molecule has 0 saturated heterocycles. The van der Waals surface area contributed by atoms with Crippen molar-refractivity contribution in [2.45, 2.75) is 6.54 Å². The second-order valence-corrected chi connectivity index (χ2v) is 4.26. The summed E-state index contributed by atoms with van der Waals surface area (Å²) >= 11 is 5.14. The molecule has 0 saturated carbocycles. The van der Waals surface area contributed by atoms with Gasteiger partial charge in [0.05, 0.1) is 19.4 Å². The maximum atomic E-state index is 5.54. The Bertz CT molecular complexity index is 485. The second kappa shape index (κ2) is 7.43. The van der Waals surface area contributed by atoms with E-state index in [0.29, 0.717) is 24.8 Å². The lowest BCUT2D eigenvalue weighted by atomic mass is 10.3. The van der Waals surface area contributed by atoms with Gasteiger partial charge in [0.15, 0.2) is 5.11 Å². The van der Waals surface area contributed by atoms with Crippen LogP contribution in [-0.4, -0.2) is 18.3 Å². The Morgan fingerprint density at radius 1 is 1.11 bits per heavy atom. The van der Waals surface area contributed by atoms with Crippen molar-refractivity contribution >= 4 is 17.3 Å². The Morgan fingerprint density at radius 2 is 1.95 bits per heavy atom. The van der Waals surface area contributed by atoms with E-state index in [2.05, 4.69) is 10.6 Å². The molecule has 100 valence electrons. The zero-order chi connectivity index (χ0) is 13.3. The van der Waals surface area contributed by atoms with Gasteiger partial charge in [-0.3, -0.25) is 0 Å². The van der Waals surface area contributed by atoms with E-state index in [1.807, 2.05) is 42.5 Å². The van der Waals surface area contributed by atoms with Crippen molar-refractivity contribution in [3.63, 3.8) is 0 Å². The van der Waals surface area contributed by atoms with Crippen LogP contribution in [0.3, 0.4) is 0 Å². The van der Waals surface area contributed by atoms with E-state index in [4.69, 9.17) is 21.4 Å². The molecule has 0 atom stereocenters. The summed E-state index contributed by atoms with van der Waals surface area (Å²) in [6, 6.07) is 13.4. The maximum Gasteiger partial charge on any atom is 0.166 e.